The van der Waals surface area contributed by atoms with Crippen LogP contribution in [0.5, 0.6) is 11.5 Å². The van der Waals surface area contributed by atoms with Crippen LogP contribution >= 0.6 is 0 Å². The molecule has 2 aromatic carbocycles. The number of aliphatic hydroxyl groups excluding tert-OH is 2. The van der Waals surface area contributed by atoms with E-state index in [4.69, 9.17) is 9.47 Å². The first kappa shape index (κ1) is 27.3. The fourth-order valence-electron chi connectivity index (χ4n) is 5.01. The van der Waals surface area contributed by atoms with Crippen molar-refractivity contribution < 1.29 is 38.5 Å². The summed E-state index contributed by atoms with van der Waals surface area (Å²) < 4.78 is 25.1. The fraction of sp³-hybridized carbons (Fsp3) is 0.393. The summed E-state index contributed by atoms with van der Waals surface area (Å²) >= 11 is 0. The molecule has 10 heteroatoms. The lowest BCUT2D eigenvalue weighted by Gasteiger charge is -2.41. The van der Waals surface area contributed by atoms with E-state index in [0.717, 1.165) is 0 Å². The number of hydrogen-bond acceptors (Lipinski definition) is 7. The van der Waals surface area contributed by atoms with Gasteiger partial charge < -0.3 is 29.9 Å². The van der Waals surface area contributed by atoms with Gasteiger partial charge in [-0.2, -0.15) is 0 Å². The number of aliphatic hydroxyl groups is 2. The van der Waals surface area contributed by atoms with Crippen LogP contribution in [-0.2, 0) is 16.1 Å². The van der Waals surface area contributed by atoms with Crippen molar-refractivity contribution in [3.05, 3.63) is 70.6 Å². The van der Waals surface area contributed by atoms with Crippen LogP contribution in [0.15, 0.2) is 48.0 Å². The lowest BCUT2D eigenvalue weighted by molar-refractivity contribution is -0.141. The Hall–Kier alpha value is -3.76. The van der Waals surface area contributed by atoms with E-state index in [1.165, 1.54) is 30.2 Å². The van der Waals surface area contributed by atoms with Gasteiger partial charge in [0.25, 0.3) is 0 Å². The number of nitrogens with one attached hydrogen (secondary N) is 1. The fourth-order valence-corrected chi connectivity index (χ4v) is 5.01. The van der Waals surface area contributed by atoms with Crippen molar-refractivity contribution in [3.63, 3.8) is 0 Å². The number of methoxy groups -OCH3 is 1. The number of benzene rings is 2. The number of hydrogen-bond donors (Lipinski definition) is 3. The summed E-state index contributed by atoms with van der Waals surface area (Å²) in [4.78, 5) is 39.8. The third kappa shape index (κ3) is 5.14. The van der Waals surface area contributed by atoms with Crippen LogP contribution in [0, 0.1) is 11.7 Å². The van der Waals surface area contributed by atoms with Crippen LogP contribution < -0.4 is 14.8 Å². The molecule has 1 aliphatic heterocycles. The molecule has 9 nitrogen and oxygen atoms in total. The zero-order valence-electron chi connectivity index (χ0n) is 21.4. The van der Waals surface area contributed by atoms with Gasteiger partial charge in [0.05, 0.1) is 25.7 Å². The van der Waals surface area contributed by atoms with Crippen molar-refractivity contribution in [1.29, 1.82) is 0 Å². The molecular weight excluding hydrogens is 495 g/mol. The zero-order valence-corrected chi connectivity index (χ0v) is 21.4. The highest BCUT2D eigenvalue weighted by atomic mass is 19.1. The standard InChI is InChI=1S/C28H31FN2O7/c1-15(2)28(36)31(13-16-4-6-18(29)7-5-16)21-12-20(27(35)30-8-9-32)23-19-10-17(14-33)11-22(37-3)25(19)38-26(23)24(21)34/h4-7,10-12,14-15,21,23-24,26,32,34H,8-9,13H2,1-3H3,(H,30,35)/t21-,23+,24+,26+/m1/s1. The van der Waals surface area contributed by atoms with Gasteiger partial charge in [0.15, 0.2) is 11.5 Å². The number of fused-ring (bicyclic) bond motifs is 3. The average molecular weight is 527 g/mol. The molecule has 202 valence electrons. The second kappa shape index (κ2) is 11.3. The number of aldehydes is 1. The molecule has 2 amide bonds. The van der Waals surface area contributed by atoms with Crippen molar-refractivity contribution in [2.75, 3.05) is 20.3 Å². The van der Waals surface area contributed by atoms with E-state index in [0.29, 0.717) is 28.7 Å². The lowest BCUT2D eigenvalue weighted by Crippen LogP contribution is -2.56. The van der Waals surface area contributed by atoms with Crippen LogP contribution in [0.3, 0.4) is 0 Å². The topological polar surface area (TPSA) is 125 Å². The maximum atomic E-state index is 13.5. The van der Waals surface area contributed by atoms with Crippen molar-refractivity contribution in [2.24, 2.45) is 5.92 Å². The normalized spacial score (nSPS) is 21.6. The van der Waals surface area contributed by atoms with Gasteiger partial charge in [0.2, 0.25) is 11.8 Å². The minimum atomic E-state index is -1.26. The van der Waals surface area contributed by atoms with Crippen molar-refractivity contribution in [1.82, 2.24) is 10.2 Å². The van der Waals surface area contributed by atoms with Crippen LogP contribution in [0.2, 0.25) is 0 Å². The summed E-state index contributed by atoms with van der Waals surface area (Å²) in [5.41, 5.74) is 1.68. The minimum Gasteiger partial charge on any atom is -0.493 e. The largest absolute Gasteiger partial charge is 0.493 e. The number of ether oxygens (including phenoxy) is 2. The summed E-state index contributed by atoms with van der Waals surface area (Å²) in [7, 11) is 1.42. The molecule has 0 unspecified atom stereocenters. The average Bonchev–Trinajstić information content (AvgIpc) is 3.31. The number of rotatable bonds is 9. The highest BCUT2D eigenvalue weighted by Crippen LogP contribution is 2.51. The van der Waals surface area contributed by atoms with Gasteiger partial charge in [-0.15, -0.1) is 0 Å². The van der Waals surface area contributed by atoms with Gasteiger partial charge in [-0.25, -0.2) is 4.39 Å². The first-order valence-electron chi connectivity index (χ1n) is 12.4. The Morgan fingerprint density at radius 2 is 1.95 bits per heavy atom. The van der Waals surface area contributed by atoms with Gasteiger partial charge in [-0.05, 0) is 35.9 Å². The van der Waals surface area contributed by atoms with Gasteiger partial charge in [-0.3, -0.25) is 14.4 Å². The SMILES string of the molecule is COc1cc(C=O)cc2c1O[C@@H]1[C@@H](O)[C@H](N(Cc3ccc(F)cc3)C(=O)C(C)C)C=C(C(=O)NCCO)[C@H]21. The Balaban J connectivity index is 1.83. The smallest absolute Gasteiger partial charge is 0.247 e. The lowest BCUT2D eigenvalue weighted by atomic mass is 9.77. The molecule has 3 N–H and O–H groups in total. The summed E-state index contributed by atoms with van der Waals surface area (Å²) in [6.45, 7) is 3.23. The van der Waals surface area contributed by atoms with E-state index in [1.807, 2.05) is 0 Å². The van der Waals surface area contributed by atoms with Crippen LogP contribution in [0.4, 0.5) is 4.39 Å². The summed E-state index contributed by atoms with van der Waals surface area (Å²) in [5, 5.41) is 23.5. The minimum absolute atomic E-state index is 0.00356. The van der Waals surface area contributed by atoms with Crippen LogP contribution in [0.1, 0.15) is 41.3 Å². The van der Waals surface area contributed by atoms with Gasteiger partial charge in [0.1, 0.15) is 24.3 Å². The summed E-state index contributed by atoms with van der Waals surface area (Å²) in [6.07, 6.45) is -0.0318. The maximum absolute atomic E-state index is 13.5. The number of nitrogens with zero attached hydrogens (tertiary/aromatic N) is 1. The maximum Gasteiger partial charge on any atom is 0.247 e. The molecule has 0 radical (unpaired) electrons. The molecule has 1 heterocycles. The molecule has 0 aromatic heterocycles. The third-order valence-corrected chi connectivity index (χ3v) is 6.81. The van der Waals surface area contributed by atoms with E-state index in [-0.39, 0.29) is 36.9 Å². The second-order valence-corrected chi connectivity index (χ2v) is 9.65. The predicted molar refractivity (Wildman–Crippen MR) is 135 cm³/mol. The molecule has 4 atom stereocenters. The van der Waals surface area contributed by atoms with Gasteiger partial charge in [-0.1, -0.05) is 26.0 Å². The predicted octanol–water partition coefficient (Wildman–Crippen LogP) is 1.95. The first-order chi connectivity index (χ1) is 18.2. The Bertz CT molecular complexity index is 1240. The van der Waals surface area contributed by atoms with Crippen molar-refractivity contribution in [2.45, 2.75) is 44.6 Å². The summed E-state index contributed by atoms with van der Waals surface area (Å²) in [6, 6.07) is 7.82. The Kier molecular flexibility index (Phi) is 8.13. The Labute approximate surface area is 219 Å². The highest BCUT2D eigenvalue weighted by Gasteiger charge is 2.51. The van der Waals surface area contributed by atoms with Crippen LogP contribution in [-0.4, -0.2) is 71.7 Å². The molecule has 0 fully saturated rings. The van der Waals surface area contributed by atoms with E-state index in [1.54, 1.807) is 38.1 Å². The summed E-state index contributed by atoms with van der Waals surface area (Å²) in [5.74, 6) is -1.81. The molecule has 0 bridgehead atoms. The van der Waals surface area contributed by atoms with E-state index in [2.05, 4.69) is 5.32 Å². The van der Waals surface area contributed by atoms with Crippen molar-refractivity contribution in [3.8, 4) is 11.5 Å². The Morgan fingerprint density at radius 1 is 1.24 bits per heavy atom. The third-order valence-electron chi connectivity index (χ3n) is 6.81. The first-order valence-corrected chi connectivity index (χ1v) is 12.4. The van der Waals surface area contributed by atoms with Gasteiger partial charge in [0, 0.05) is 35.7 Å². The monoisotopic (exact) mass is 526 g/mol. The van der Waals surface area contributed by atoms with Gasteiger partial charge >= 0.3 is 0 Å². The highest BCUT2D eigenvalue weighted by molar-refractivity contribution is 5.96. The molecular formula is C28H31FN2O7. The molecule has 2 aromatic rings. The Morgan fingerprint density at radius 3 is 2.55 bits per heavy atom. The van der Waals surface area contributed by atoms with Crippen molar-refractivity contribution >= 4 is 18.1 Å². The number of carbonyl (C=O) groups is 3. The molecule has 1 aliphatic carbocycles. The molecule has 38 heavy (non-hydrogen) atoms. The number of carbonyl (C=O) groups excluding carboxylic acids is 3. The van der Waals surface area contributed by atoms with E-state index in [9.17, 15) is 29.0 Å². The van der Waals surface area contributed by atoms with E-state index < -0.39 is 41.8 Å². The zero-order chi connectivity index (χ0) is 27.6. The molecule has 4 rings (SSSR count). The van der Waals surface area contributed by atoms with Crippen LogP contribution in [0.25, 0.3) is 0 Å². The van der Waals surface area contributed by atoms with E-state index >= 15 is 0 Å². The molecule has 0 saturated carbocycles. The molecule has 2 aliphatic rings. The number of halogens is 1. The molecule has 0 saturated heterocycles. The quantitative estimate of drug-likeness (QED) is 0.427. The second-order valence-electron chi connectivity index (χ2n) is 9.65. The molecule has 0 spiro atoms. The number of amides is 2.